The normalized spacial score (nSPS) is 7.55. The SMILES string of the molecule is CC.CC.CC.Cc1cccc(F)c1.Cc1cccc(F)c1. The Morgan fingerprint density at radius 3 is 0.955 bits per heavy atom. The molecular weight excluding hydrogens is 278 g/mol. The molecule has 0 aliphatic carbocycles. The van der Waals surface area contributed by atoms with Gasteiger partial charge < -0.3 is 0 Å². The average molecular weight is 310 g/mol. The molecule has 2 rings (SSSR count). The fraction of sp³-hybridized carbons (Fsp3) is 0.400. The third-order valence-electron chi connectivity index (χ3n) is 1.96. The maximum absolute atomic E-state index is 12.2. The van der Waals surface area contributed by atoms with Crippen molar-refractivity contribution in [3.05, 3.63) is 71.3 Å². The molecule has 126 valence electrons. The zero-order valence-corrected chi connectivity index (χ0v) is 15.4. The highest BCUT2D eigenvalue weighted by Crippen LogP contribution is 2.00. The number of rotatable bonds is 0. The summed E-state index contributed by atoms with van der Waals surface area (Å²) in [7, 11) is 0. The van der Waals surface area contributed by atoms with Crippen LogP contribution in [0.3, 0.4) is 0 Å². The van der Waals surface area contributed by atoms with Crippen molar-refractivity contribution in [1.29, 1.82) is 0 Å². The van der Waals surface area contributed by atoms with Gasteiger partial charge in [0.05, 0.1) is 0 Å². The van der Waals surface area contributed by atoms with Crippen LogP contribution in [0.1, 0.15) is 52.7 Å². The third kappa shape index (κ3) is 16.4. The molecule has 22 heavy (non-hydrogen) atoms. The van der Waals surface area contributed by atoms with Crippen LogP contribution in [0.25, 0.3) is 0 Å². The van der Waals surface area contributed by atoms with Gasteiger partial charge in [0.15, 0.2) is 0 Å². The summed E-state index contributed by atoms with van der Waals surface area (Å²) in [6, 6.07) is 13.0. The van der Waals surface area contributed by atoms with E-state index in [2.05, 4.69) is 0 Å². The highest BCUT2D eigenvalue weighted by molar-refractivity contribution is 5.14. The molecule has 0 heterocycles. The van der Waals surface area contributed by atoms with E-state index in [4.69, 9.17) is 0 Å². The molecule has 0 bridgehead atoms. The lowest BCUT2D eigenvalue weighted by atomic mass is 10.2. The fourth-order valence-corrected chi connectivity index (χ4v) is 1.21. The van der Waals surface area contributed by atoms with Crippen LogP contribution in [0.5, 0.6) is 0 Å². The van der Waals surface area contributed by atoms with Gasteiger partial charge in [0, 0.05) is 0 Å². The van der Waals surface area contributed by atoms with Gasteiger partial charge in [0.1, 0.15) is 11.6 Å². The molecule has 0 saturated carbocycles. The van der Waals surface area contributed by atoms with E-state index < -0.39 is 0 Å². The third-order valence-corrected chi connectivity index (χ3v) is 1.96. The largest absolute Gasteiger partial charge is 0.207 e. The van der Waals surface area contributed by atoms with Crippen molar-refractivity contribution < 1.29 is 8.78 Å². The molecule has 0 aliphatic heterocycles. The monoisotopic (exact) mass is 310 g/mol. The molecule has 0 N–H and O–H groups in total. The summed E-state index contributed by atoms with van der Waals surface area (Å²) >= 11 is 0. The summed E-state index contributed by atoms with van der Waals surface area (Å²) < 4.78 is 24.3. The minimum atomic E-state index is -0.162. The van der Waals surface area contributed by atoms with Gasteiger partial charge in [-0.2, -0.15) is 0 Å². The zero-order chi connectivity index (χ0) is 18.0. The van der Waals surface area contributed by atoms with Gasteiger partial charge in [0.25, 0.3) is 0 Å². The molecular formula is C20H32F2. The van der Waals surface area contributed by atoms with Crippen LogP contribution < -0.4 is 0 Å². The first-order chi connectivity index (χ1) is 10.6. The summed E-state index contributed by atoms with van der Waals surface area (Å²) in [5.74, 6) is -0.324. The first-order valence-corrected chi connectivity index (χ1v) is 8.02. The average Bonchev–Trinajstić information content (AvgIpc) is 2.53. The summed E-state index contributed by atoms with van der Waals surface area (Å²) in [6.07, 6.45) is 0. The summed E-state index contributed by atoms with van der Waals surface area (Å²) in [4.78, 5) is 0. The van der Waals surface area contributed by atoms with Crippen molar-refractivity contribution in [2.75, 3.05) is 0 Å². The molecule has 0 atom stereocenters. The number of halogens is 2. The Kier molecular flexibility index (Phi) is 22.2. The predicted molar refractivity (Wildman–Crippen MR) is 96.3 cm³/mol. The molecule has 0 saturated heterocycles. The topological polar surface area (TPSA) is 0 Å². The van der Waals surface area contributed by atoms with Crippen molar-refractivity contribution in [2.45, 2.75) is 55.4 Å². The maximum Gasteiger partial charge on any atom is 0.123 e. The van der Waals surface area contributed by atoms with Gasteiger partial charge in [-0.05, 0) is 49.2 Å². The Balaban J connectivity index is -0.000000246. The maximum atomic E-state index is 12.2. The molecule has 0 spiro atoms. The summed E-state index contributed by atoms with van der Waals surface area (Å²) in [5, 5.41) is 0. The van der Waals surface area contributed by atoms with Crippen LogP contribution in [0.15, 0.2) is 48.5 Å². The Morgan fingerprint density at radius 2 is 0.818 bits per heavy atom. The highest BCUT2D eigenvalue weighted by atomic mass is 19.1. The Morgan fingerprint density at radius 1 is 0.545 bits per heavy atom. The second kappa shape index (κ2) is 19.3. The van der Waals surface area contributed by atoms with Gasteiger partial charge in [-0.3, -0.25) is 0 Å². The van der Waals surface area contributed by atoms with E-state index in [9.17, 15) is 8.78 Å². The molecule has 2 heteroatoms. The zero-order valence-electron chi connectivity index (χ0n) is 15.4. The van der Waals surface area contributed by atoms with E-state index in [1.54, 1.807) is 12.1 Å². The van der Waals surface area contributed by atoms with E-state index in [0.29, 0.717) is 0 Å². The van der Waals surface area contributed by atoms with E-state index in [-0.39, 0.29) is 11.6 Å². The second-order valence-corrected chi connectivity index (χ2v) is 3.60. The van der Waals surface area contributed by atoms with Crippen molar-refractivity contribution in [1.82, 2.24) is 0 Å². The van der Waals surface area contributed by atoms with Gasteiger partial charge in [-0.1, -0.05) is 65.8 Å². The lowest BCUT2D eigenvalue weighted by molar-refractivity contribution is 0.626. The molecule has 0 unspecified atom stereocenters. The van der Waals surface area contributed by atoms with E-state index in [1.165, 1.54) is 24.3 Å². The molecule has 0 aliphatic rings. The Bertz CT molecular complexity index is 373. The minimum Gasteiger partial charge on any atom is -0.207 e. The lowest BCUT2D eigenvalue weighted by Gasteiger charge is -1.87. The second-order valence-electron chi connectivity index (χ2n) is 3.60. The van der Waals surface area contributed by atoms with Crippen LogP contribution in [0.2, 0.25) is 0 Å². The molecule has 2 aromatic rings. The first kappa shape index (κ1) is 25.3. The molecule has 0 amide bonds. The Hall–Kier alpha value is -1.70. The van der Waals surface area contributed by atoms with Crippen molar-refractivity contribution in [2.24, 2.45) is 0 Å². The number of benzene rings is 2. The van der Waals surface area contributed by atoms with Crippen LogP contribution in [-0.4, -0.2) is 0 Å². The minimum absolute atomic E-state index is 0.162. The van der Waals surface area contributed by atoms with Gasteiger partial charge in [-0.25, -0.2) is 8.78 Å². The van der Waals surface area contributed by atoms with Gasteiger partial charge >= 0.3 is 0 Å². The van der Waals surface area contributed by atoms with E-state index in [0.717, 1.165) is 11.1 Å². The van der Waals surface area contributed by atoms with E-state index >= 15 is 0 Å². The molecule has 0 radical (unpaired) electrons. The number of hydrogen-bond acceptors (Lipinski definition) is 0. The molecule has 0 fully saturated rings. The first-order valence-electron chi connectivity index (χ1n) is 8.02. The van der Waals surface area contributed by atoms with Crippen molar-refractivity contribution in [3.63, 3.8) is 0 Å². The molecule has 0 aromatic heterocycles. The fourth-order valence-electron chi connectivity index (χ4n) is 1.21. The van der Waals surface area contributed by atoms with Crippen LogP contribution in [-0.2, 0) is 0 Å². The van der Waals surface area contributed by atoms with Gasteiger partial charge in [0.2, 0.25) is 0 Å². The Labute approximate surface area is 136 Å². The standard InChI is InChI=1S/2C7H7F.3C2H6/c2*1-6-3-2-4-7(8)5-6;3*1-2/h2*2-5H,1H3;3*1-2H3. The quantitative estimate of drug-likeness (QED) is 0.477. The van der Waals surface area contributed by atoms with Crippen molar-refractivity contribution >= 4 is 0 Å². The number of aryl methyl sites for hydroxylation is 2. The smallest absolute Gasteiger partial charge is 0.123 e. The van der Waals surface area contributed by atoms with Crippen LogP contribution in [0, 0.1) is 25.5 Å². The molecule has 0 nitrogen and oxygen atoms in total. The highest BCUT2D eigenvalue weighted by Gasteiger charge is 1.85. The number of hydrogen-bond donors (Lipinski definition) is 0. The van der Waals surface area contributed by atoms with Crippen LogP contribution in [0.4, 0.5) is 8.78 Å². The predicted octanol–water partition coefficient (Wildman–Crippen LogP) is 7.35. The van der Waals surface area contributed by atoms with Crippen molar-refractivity contribution in [3.8, 4) is 0 Å². The lowest BCUT2D eigenvalue weighted by Crippen LogP contribution is -1.72. The van der Waals surface area contributed by atoms with Gasteiger partial charge in [-0.15, -0.1) is 0 Å². The van der Waals surface area contributed by atoms with Crippen LogP contribution >= 0.6 is 0 Å². The molecule has 2 aromatic carbocycles. The summed E-state index contributed by atoms with van der Waals surface area (Å²) in [5.41, 5.74) is 1.93. The summed E-state index contributed by atoms with van der Waals surface area (Å²) in [6.45, 7) is 15.7. The van der Waals surface area contributed by atoms with E-state index in [1.807, 2.05) is 67.5 Å².